The molecule has 0 atom stereocenters. The Labute approximate surface area is 197 Å². The van der Waals surface area contributed by atoms with Gasteiger partial charge in [-0.2, -0.15) is 0 Å². The van der Waals surface area contributed by atoms with E-state index >= 15 is 0 Å². The van der Waals surface area contributed by atoms with Crippen molar-refractivity contribution in [2.75, 3.05) is 64.3 Å². The molecule has 0 aromatic heterocycles. The highest BCUT2D eigenvalue weighted by Gasteiger charge is 2.27. The zero-order valence-corrected chi connectivity index (χ0v) is 22.4. The Morgan fingerprint density at radius 3 is 1.74 bits per heavy atom. The van der Waals surface area contributed by atoms with E-state index in [1.54, 1.807) is 0 Å². The zero-order chi connectivity index (χ0) is 23.9. The van der Waals surface area contributed by atoms with Crippen LogP contribution in [0.3, 0.4) is 0 Å². The summed E-state index contributed by atoms with van der Waals surface area (Å²) in [5.41, 5.74) is 1.55. The van der Waals surface area contributed by atoms with E-state index in [-0.39, 0.29) is 10.8 Å². The maximum Gasteiger partial charge on any atom is 0.220 e. The average Bonchev–Trinajstić information content (AvgIpc) is 2.73. The minimum atomic E-state index is -0.0873. The summed E-state index contributed by atoms with van der Waals surface area (Å²) in [6.07, 6.45) is 3.74. The van der Waals surface area contributed by atoms with E-state index < -0.39 is 0 Å². The quantitative estimate of drug-likeness (QED) is 0.288. The van der Waals surface area contributed by atoms with Crippen molar-refractivity contribution in [3.63, 3.8) is 0 Å². The van der Waals surface area contributed by atoms with Crippen LogP contribution >= 0.6 is 12.2 Å². The monoisotopic (exact) mass is 455 g/mol. The van der Waals surface area contributed by atoms with Crippen molar-refractivity contribution in [1.29, 1.82) is 0 Å². The molecule has 1 aromatic rings. The third-order valence-corrected chi connectivity index (χ3v) is 5.66. The molecule has 182 valence electrons. The van der Waals surface area contributed by atoms with Gasteiger partial charge in [-0.25, -0.2) is 0 Å². The molecule has 0 fully saturated rings. The normalized spacial score (nSPS) is 11.8. The second-order valence-corrected chi connectivity index (χ2v) is 9.47. The Morgan fingerprint density at radius 2 is 1.32 bits per heavy atom. The Bertz CT molecular complexity index is 642. The third-order valence-electron chi connectivity index (χ3n) is 5.27. The van der Waals surface area contributed by atoms with E-state index in [2.05, 4.69) is 70.5 Å². The molecule has 31 heavy (non-hydrogen) atoms. The van der Waals surface area contributed by atoms with Crippen molar-refractivity contribution in [2.45, 2.75) is 80.1 Å². The van der Waals surface area contributed by atoms with E-state index in [0.717, 1.165) is 31.8 Å². The summed E-state index contributed by atoms with van der Waals surface area (Å²) in [7, 11) is 0. The molecular formula is C25H49N3O2S. The lowest BCUT2D eigenvalue weighted by atomic mass is 9.83. The maximum absolute atomic E-state index is 11.8. The van der Waals surface area contributed by atoms with Crippen LogP contribution < -0.4 is 10.7 Å². The van der Waals surface area contributed by atoms with Crippen molar-refractivity contribution in [1.82, 2.24) is 9.80 Å². The molecule has 0 amide bonds. The van der Waals surface area contributed by atoms with Gasteiger partial charge in [-0.1, -0.05) is 67.6 Å². The fourth-order valence-corrected chi connectivity index (χ4v) is 4.13. The van der Waals surface area contributed by atoms with Crippen LogP contribution in [0.5, 0.6) is 0 Å². The Balaban J connectivity index is 0.000000842. The van der Waals surface area contributed by atoms with Gasteiger partial charge in [0.05, 0.1) is 23.4 Å². The van der Waals surface area contributed by atoms with Gasteiger partial charge in [-0.15, -0.1) is 0 Å². The molecule has 6 heteroatoms. The molecule has 1 aromatic carbocycles. The van der Waals surface area contributed by atoms with Gasteiger partial charge >= 0.3 is 0 Å². The van der Waals surface area contributed by atoms with Crippen molar-refractivity contribution < 1.29 is 4.74 Å². The number of hydrogen-bond donors (Lipinski definition) is 1. The van der Waals surface area contributed by atoms with E-state index in [4.69, 9.17) is 17.0 Å². The topological polar surface area (TPSA) is 44.8 Å². The largest absolute Gasteiger partial charge is 0.379 e. The predicted molar refractivity (Wildman–Crippen MR) is 139 cm³/mol. The van der Waals surface area contributed by atoms with Crippen molar-refractivity contribution in [2.24, 2.45) is 0 Å². The smallest absolute Gasteiger partial charge is 0.220 e. The zero-order valence-electron chi connectivity index (χ0n) is 21.6. The van der Waals surface area contributed by atoms with Crippen LogP contribution in [-0.4, -0.2) is 68.8 Å². The Kier molecular flexibility index (Phi) is 16.3. The van der Waals surface area contributed by atoms with Crippen LogP contribution in [0.1, 0.15) is 80.2 Å². The first kappa shape index (κ1) is 30.2. The number of anilines is 1. The third kappa shape index (κ3) is 11.6. The molecule has 0 bridgehead atoms. The van der Waals surface area contributed by atoms with Crippen molar-refractivity contribution >= 4 is 17.9 Å². The van der Waals surface area contributed by atoms with Crippen molar-refractivity contribution in [3.8, 4) is 0 Å². The van der Waals surface area contributed by atoms with Gasteiger partial charge in [0.25, 0.3) is 0 Å². The lowest BCUT2D eigenvalue weighted by Gasteiger charge is -2.25. The summed E-state index contributed by atoms with van der Waals surface area (Å²) in [6.45, 7) is 26.1. The number of likely N-dealkylation sites (N-methyl/N-ethyl adjacent to an activating group) is 1. The lowest BCUT2D eigenvalue weighted by Crippen LogP contribution is -2.31. The average molecular weight is 456 g/mol. The van der Waals surface area contributed by atoms with Crippen molar-refractivity contribution in [3.05, 3.63) is 20.3 Å². The first-order valence-electron chi connectivity index (χ1n) is 12.3. The fourth-order valence-electron chi connectivity index (χ4n) is 3.62. The summed E-state index contributed by atoms with van der Waals surface area (Å²) in [6, 6.07) is 0. The number of nitrogens with zero attached hydrogens (tertiary/aromatic N) is 2. The molecule has 0 aliphatic rings. The molecule has 0 saturated heterocycles. The summed E-state index contributed by atoms with van der Waals surface area (Å²) < 4.78 is 6.12. The molecule has 0 unspecified atom stereocenters. The molecule has 0 radical (unpaired) electrons. The molecule has 1 rings (SSSR count). The molecular weight excluding hydrogens is 406 g/mol. The van der Waals surface area contributed by atoms with Gasteiger partial charge in [-0.3, -0.25) is 4.79 Å². The SMILES string of the molecule is CCCN(CC)CCC.CCCN(CC)CCOCCNc1c(C(C)(C)C)c(=S)c1=O. The number of rotatable bonds is 15. The van der Waals surface area contributed by atoms with Gasteiger partial charge in [0, 0.05) is 18.7 Å². The highest BCUT2D eigenvalue weighted by atomic mass is 32.1. The summed E-state index contributed by atoms with van der Waals surface area (Å²) in [5, 5.41) is 3.19. The first-order valence-corrected chi connectivity index (χ1v) is 12.7. The van der Waals surface area contributed by atoms with Crippen LogP contribution in [-0.2, 0) is 10.2 Å². The van der Waals surface area contributed by atoms with Crippen LogP contribution in [0.25, 0.3) is 0 Å². The summed E-state index contributed by atoms with van der Waals surface area (Å²) in [5.74, 6) is 0. The second kappa shape index (κ2) is 16.8. The predicted octanol–water partition coefficient (Wildman–Crippen LogP) is 5.24. The van der Waals surface area contributed by atoms with E-state index in [1.165, 1.54) is 38.9 Å². The summed E-state index contributed by atoms with van der Waals surface area (Å²) >= 11 is 5.16. The fraction of sp³-hybridized carbons (Fsp3) is 0.840. The minimum Gasteiger partial charge on any atom is -0.379 e. The minimum absolute atomic E-state index is 0.0278. The van der Waals surface area contributed by atoms with Crippen LogP contribution in [0.15, 0.2) is 4.79 Å². The molecule has 0 saturated carbocycles. The Morgan fingerprint density at radius 1 is 0.839 bits per heavy atom. The standard InChI is InChI=1S/C17H30N2O2S.C8H19N/c1-6-9-19(7-2)10-12-21-11-8-18-14-13(17(3,4)5)16(22)15(14)20;1-4-7-9(6-3)8-5-2/h18H,6-12H2,1-5H3;4-8H2,1-3H3. The van der Waals surface area contributed by atoms with E-state index in [0.29, 0.717) is 23.3 Å². The highest BCUT2D eigenvalue weighted by molar-refractivity contribution is 7.71. The second-order valence-electron chi connectivity index (χ2n) is 9.07. The van der Waals surface area contributed by atoms with Crippen LogP contribution in [0, 0.1) is 4.51 Å². The molecule has 0 aliphatic heterocycles. The van der Waals surface area contributed by atoms with E-state index in [9.17, 15) is 4.79 Å². The summed E-state index contributed by atoms with van der Waals surface area (Å²) in [4.78, 5) is 16.7. The van der Waals surface area contributed by atoms with Crippen LogP contribution in [0.4, 0.5) is 5.69 Å². The highest BCUT2D eigenvalue weighted by Crippen LogP contribution is 2.30. The lowest BCUT2D eigenvalue weighted by molar-refractivity contribution is 0.113. The van der Waals surface area contributed by atoms with Crippen LogP contribution in [0.2, 0.25) is 0 Å². The van der Waals surface area contributed by atoms with Gasteiger partial charge in [0.2, 0.25) is 5.43 Å². The van der Waals surface area contributed by atoms with E-state index in [1.807, 2.05) is 0 Å². The maximum atomic E-state index is 11.8. The van der Waals surface area contributed by atoms with Gasteiger partial charge in [0.1, 0.15) is 0 Å². The van der Waals surface area contributed by atoms with Gasteiger partial charge in [0.15, 0.2) is 0 Å². The number of hydrogen-bond acceptors (Lipinski definition) is 6. The van der Waals surface area contributed by atoms with Gasteiger partial charge < -0.3 is 19.9 Å². The first-order chi connectivity index (χ1) is 14.7. The number of nitrogens with one attached hydrogen (secondary N) is 1. The molecule has 1 N–H and O–H groups in total. The molecule has 0 spiro atoms. The molecule has 0 aliphatic carbocycles. The molecule has 5 nitrogen and oxygen atoms in total. The number of ether oxygens (including phenoxy) is 1. The Hall–Kier alpha value is -0.820. The van der Waals surface area contributed by atoms with Gasteiger partial charge in [-0.05, 0) is 57.4 Å². The molecule has 0 heterocycles.